The predicted octanol–water partition coefficient (Wildman–Crippen LogP) is 1.24. The summed E-state index contributed by atoms with van der Waals surface area (Å²) in [4.78, 5) is 22.0. The molecule has 0 bridgehead atoms. The topological polar surface area (TPSA) is 58.6 Å². The van der Waals surface area contributed by atoms with Crippen molar-refractivity contribution in [3.63, 3.8) is 0 Å². The average Bonchev–Trinajstić information content (AvgIpc) is 2.26. The minimum atomic E-state index is -2.75. The molecule has 0 aliphatic carbocycles. The zero-order chi connectivity index (χ0) is 12.2. The van der Waals surface area contributed by atoms with Gasteiger partial charge in [-0.15, -0.1) is 0 Å². The van der Waals surface area contributed by atoms with Gasteiger partial charge in [-0.25, -0.2) is 0 Å². The highest BCUT2D eigenvalue weighted by atomic mass is 28.4. The van der Waals surface area contributed by atoms with Crippen LogP contribution in [0.3, 0.4) is 0 Å². The predicted molar refractivity (Wildman–Crippen MR) is 65.0 cm³/mol. The Balaban J connectivity index is 2.65. The Morgan fingerprint density at radius 2 is 2.31 bits per heavy atom. The molecule has 1 heterocycles. The van der Waals surface area contributed by atoms with E-state index in [4.69, 9.17) is 4.43 Å². The third-order valence-electron chi connectivity index (χ3n) is 2.93. The summed E-state index contributed by atoms with van der Waals surface area (Å²) in [5.41, 5.74) is 0.240. The smallest absolute Gasteiger partial charge is 0.358 e. The first-order valence-corrected chi connectivity index (χ1v) is 7.96. The first-order chi connectivity index (χ1) is 7.49. The third kappa shape index (κ3) is 3.17. The van der Waals surface area contributed by atoms with E-state index in [0.29, 0.717) is 24.6 Å². The summed E-state index contributed by atoms with van der Waals surface area (Å²) in [6.45, 7) is 7.82. The number of hydrogen-bond acceptors (Lipinski definition) is 3. The second-order valence-electron chi connectivity index (χ2n) is 4.37. The molecule has 2 N–H and O–H groups in total. The lowest BCUT2D eigenvalue weighted by atomic mass is 10.3. The van der Waals surface area contributed by atoms with Crippen LogP contribution in [0.1, 0.15) is 33.1 Å². The average molecular weight is 243 g/mol. The van der Waals surface area contributed by atoms with Crippen molar-refractivity contribution in [3.05, 3.63) is 12.2 Å². The fraction of sp³-hybridized carbons (Fsp3) is 0.727. The zero-order valence-corrected chi connectivity index (χ0v) is 11.1. The maximum atomic E-state index is 11.5. The van der Waals surface area contributed by atoms with Gasteiger partial charge in [0, 0.05) is 12.2 Å². The maximum Gasteiger partial charge on any atom is 0.358 e. The standard InChI is InChI=1S/C11H21NO3Si/c1-4-10(12-11(13)9(2)3)16(14)8-6-5-7-15-16/h10,14H,2,4-8H2,1,3H3,(H,12,13). The molecule has 1 amide bonds. The highest BCUT2D eigenvalue weighted by Crippen LogP contribution is 2.23. The highest BCUT2D eigenvalue weighted by Gasteiger charge is 2.44. The molecule has 1 aliphatic heterocycles. The quantitative estimate of drug-likeness (QED) is 0.577. The van der Waals surface area contributed by atoms with E-state index in [0.717, 1.165) is 12.8 Å². The van der Waals surface area contributed by atoms with Crippen molar-refractivity contribution in [1.29, 1.82) is 0 Å². The van der Waals surface area contributed by atoms with Gasteiger partial charge < -0.3 is 14.5 Å². The first-order valence-electron chi connectivity index (χ1n) is 5.82. The lowest BCUT2D eigenvalue weighted by Crippen LogP contribution is -2.60. The molecule has 0 aromatic carbocycles. The van der Waals surface area contributed by atoms with Gasteiger partial charge >= 0.3 is 8.56 Å². The normalized spacial score (nSPS) is 27.2. The van der Waals surface area contributed by atoms with Gasteiger partial charge in [0.2, 0.25) is 5.91 Å². The van der Waals surface area contributed by atoms with Crippen LogP contribution >= 0.6 is 0 Å². The molecule has 92 valence electrons. The lowest BCUT2D eigenvalue weighted by Gasteiger charge is -2.35. The van der Waals surface area contributed by atoms with Crippen LogP contribution in [0.5, 0.6) is 0 Å². The summed E-state index contributed by atoms with van der Waals surface area (Å²) in [5, 5.41) is 2.82. The molecule has 0 saturated carbocycles. The Morgan fingerprint density at radius 3 is 2.75 bits per heavy atom. The van der Waals surface area contributed by atoms with Gasteiger partial charge in [-0.2, -0.15) is 0 Å². The van der Waals surface area contributed by atoms with Crippen LogP contribution in [-0.4, -0.2) is 31.5 Å². The molecule has 1 fully saturated rings. The number of nitrogens with one attached hydrogen (secondary N) is 1. The molecule has 5 heteroatoms. The van der Waals surface area contributed by atoms with Crippen molar-refractivity contribution in [1.82, 2.24) is 5.32 Å². The van der Waals surface area contributed by atoms with Gasteiger partial charge in [0.25, 0.3) is 0 Å². The number of rotatable bonds is 4. The second-order valence-corrected chi connectivity index (χ2v) is 7.54. The largest absolute Gasteiger partial charge is 0.409 e. The molecule has 4 nitrogen and oxygen atoms in total. The Kier molecular flexibility index (Phi) is 4.70. The summed E-state index contributed by atoms with van der Waals surface area (Å²) in [7, 11) is -2.75. The van der Waals surface area contributed by atoms with Gasteiger partial charge in [-0.1, -0.05) is 13.5 Å². The monoisotopic (exact) mass is 243 g/mol. The van der Waals surface area contributed by atoms with Crippen LogP contribution in [0.15, 0.2) is 12.2 Å². The van der Waals surface area contributed by atoms with Crippen molar-refractivity contribution in [2.45, 2.75) is 44.8 Å². The van der Waals surface area contributed by atoms with Gasteiger partial charge in [-0.05, 0) is 32.2 Å². The van der Waals surface area contributed by atoms with Crippen molar-refractivity contribution in [2.24, 2.45) is 0 Å². The minimum Gasteiger partial charge on any atom is -0.409 e. The van der Waals surface area contributed by atoms with E-state index in [1.807, 2.05) is 6.92 Å². The molecule has 16 heavy (non-hydrogen) atoms. The van der Waals surface area contributed by atoms with Crippen LogP contribution in [-0.2, 0) is 9.22 Å². The number of carbonyl (C=O) groups excluding carboxylic acids is 1. The van der Waals surface area contributed by atoms with E-state index in [-0.39, 0.29) is 11.6 Å². The molecule has 1 aliphatic rings. The zero-order valence-electron chi connectivity index (χ0n) is 10.1. The Morgan fingerprint density at radius 1 is 1.62 bits per heavy atom. The minimum absolute atomic E-state index is 0.193. The van der Waals surface area contributed by atoms with Crippen LogP contribution in [0, 0.1) is 0 Å². The van der Waals surface area contributed by atoms with Crippen LogP contribution in [0.2, 0.25) is 6.04 Å². The van der Waals surface area contributed by atoms with Crippen LogP contribution < -0.4 is 5.32 Å². The molecule has 0 aromatic heterocycles. The molecule has 2 unspecified atom stereocenters. The first kappa shape index (κ1) is 13.4. The number of carbonyl (C=O) groups is 1. The molecular formula is C11H21NO3Si. The van der Waals surface area contributed by atoms with Crippen LogP contribution in [0.4, 0.5) is 0 Å². The highest BCUT2D eigenvalue weighted by molar-refractivity contribution is 6.68. The van der Waals surface area contributed by atoms with E-state index >= 15 is 0 Å². The Hall–Kier alpha value is -0.653. The fourth-order valence-corrected chi connectivity index (χ4v) is 4.83. The van der Waals surface area contributed by atoms with Crippen molar-refractivity contribution in [3.8, 4) is 0 Å². The lowest BCUT2D eigenvalue weighted by molar-refractivity contribution is -0.117. The second kappa shape index (κ2) is 5.61. The van der Waals surface area contributed by atoms with Gasteiger partial charge in [-0.3, -0.25) is 4.79 Å². The summed E-state index contributed by atoms with van der Waals surface area (Å²) in [5.74, 6) is -0.193. The maximum absolute atomic E-state index is 11.5. The van der Waals surface area contributed by atoms with E-state index in [2.05, 4.69) is 11.9 Å². The molecule has 0 radical (unpaired) electrons. The summed E-state index contributed by atoms with van der Waals surface area (Å²) in [6.07, 6.45) is 2.68. The molecule has 2 atom stereocenters. The third-order valence-corrected chi connectivity index (χ3v) is 6.34. The van der Waals surface area contributed by atoms with Gasteiger partial charge in [0.05, 0.1) is 5.67 Å². The molecule has 0 aromatic rings. The summed E-state index contributed by atoms with van der Waals surface area (Å²) >= 11 is 0. The van der Waals surface area contributed by atoms with Crippen molar-refractivity contribution >= 4 is 14.5 Å². The van der Waals surface area contributed by atoms with Crippen molar-refractivity contribution in [2.75, 3.05) is 6.61 Å². The fourth-order valence-electron chi connectivity index (χ4n) is 1.89. The molecule has 1 saturated heterocycles. The van der Waals surface area contributed by atoms with Crippen LogP contribution in [0.25, 0.3) is 0 Å². The molecule has 0 spiro atoms. The van der Waals surface area contributed by atoms with E-state index in [1.165, 1.54) is 0 Å². The van der Waals surface area contributed by atoms with E-state index in [9.17, 15) is 9.59 Å². The summed E-state index contributed by atoms with van der Waals surface area (Å²) < 4.78 is 5.55. The number of hydrogen-bond donors (Lipinski definition) is 2. The summed E-state index contributed by atoms with van der Waals surface area (Å²) in [6, 6.07) is 0.710. The Labute approximate surface area is 97.9 Å². The molecular weight excluding hydrogens is 222 g/mol. The Bertz CT molecular complexity index is 274. The van der Waals surface area contributed by atoms with Gasteiger partial charge in [0.15, 0.2) is 0 Å². The SMILES string of the molecule is C=C(C)C(=O)NC(CC)[Si]1(O)CCCCO1. The molecule has 1 rings (SSSR count). The van der Waals surface area contributed by atoms with Crippen molar-refractivity contribution < 1.29 is 14.0 Å². The number of amides is 1. The van der Waals surface area contributed by atoms with E-state index < -0.39 is 8.56 Å². The van der Waals surface area contributed by atoms with Gasteiger partial charge in [0.1, 0.15) is 0 Å². The van der Waals surface area contributed by atoms with E-state index in [1.54, 1.807) is 6.92 Å².